The molecule has 1 heterocycles. The summed E-state index contributed by atoms with van der Waals surface area (Å²) in [6.07, 6.45) is 7.15. The Balaban J connectivity index is 1.90. The fourth-order valence-electron chi connectivity index (χ4n) is 3.04. The van der Waals surface area contributed by atoms with Crippen LogP contribution < -0.4 is 5.32 Å². The van der Waals surface area contributed by atoms with Crippen LogP contribution in [-0.4, -0.2) is 37.1 Å². The van der Waals surface area contributed by atoms with E-state index >= 15 is 0 Å². The van der Waals surface area contributed by atoms with Crippen LogP contribution in [0.3, 0.4) is 0 Å². The molecule has 0 aromatic heterocycles. The zero-order valence-electron chi connectivity index (χ0n) is 9.47. The van der Waals surface area contributed by atoms with E-state index in [1.165, 1.54) is 58.3 Å². The maximum absolute atomic E-state index is 3.49. The predicted octanol–water partition coefficient (Wildman–Crippen LogP) is 1.86. The van der Waals surface area contributed by atoms with Crippen LogP contribution in [0.4, 0.5) is 0 Å². The van der Waals surface area contributed by atoms with Crippen LogP contribution in [0.1, 0.15) is 39.0 Å². The highest BCUT2D eigenvalue weighted by atomic mass is 15.2. The van der Waals surface area contributed by atoms with Crippen molar-refractivity contribution in [2.75, 3.05) is 26.2 Å². The van der Waals surface area contributed by atoms with E-state index in [0.717, 1.165) is 12.0 Å². The molecule has 0 radical (unpaired) electrons. The summed E-state index contributed by atoms with van der Waals surface area (Å²) in [6.45, 7) is 7.46. The molecule has 0 aromatic rings. The molecule has 14 heavy (non-hydrogen) atoms. The van der Waals surface area contributed by atoms with E-state index in [4.69, 9.17) is 0 Å². The molecule has 1 aliphatic carbocycles. The van der Waals surface area contributed by atoms with Gasteiger partial charge in [-0.25, -0.2) is 0 Å². The van der Waals surface area contributed by atoms with Gasteiger partial charge in [0.05, 0.1) is 0 Å². The molecule has 2 rings (SSSR count). The fraction of sp³-hybridized carbons (Fsp3) is 1.00. The van der Waals surface area contributed by atoms with Gasteiger partial charge in [-0.05, 0) is 38.3 Å². The van der Waals surface area contributed by atoms with Crippen molar-refractivity contribution in [1.82, 2.24) is 10.2 Å². The molecular weight excluding hydrogens is 172 g/mol. The standard InChI is InChI=1S/C12H24N2/c1-11-5-2-3-6-12(11)14-9-4-7-13-8-10-14/h11-13H,2-10H2,1H3. The summed E-state index contributed by atoms with van der Waals surface area (Å²) in [5, 5.41) is 3.49. The van der Waals surface area contributed by atoms with E-state index < -0.39 is 0 Å². The SMILES string of the molecule is CC1CCCCC1N1CCCNCC1. The van der Waals surface area contributed by atoms with Crippen molar-refractivity contribution in [2.45, 2.75) is 45.1 Å². The minimum Gasteiger partial charge on any atom is -0.315 e. The quantitative estimate of drug-likeness (QED) is 0.688. The van der Waals surface area contributed by atoms with Gasteiger partial charge < -0.3 is 5.32 Å². The van der Waals surface area contributed by atoms with Gasteiger partial charge in [-0.15, -0.1) is 0 Å². The molecule has 82 valence electrons. The Labute approximate surface area is 88.1 Å². The molecule has 1 saturated heterocycles. The minimum atomic E-state index is 0.892. The third-order valence-corrected chi connectivity index (χ3v) is 3.91. The van der Waals surface area contributed by atoms with Gasteiger partial charge in [0.25, 0.3) is 0 Å². The van der Waals surface area contributed by atoms with E-state index in [2.05, 4.69) is 17.1 Å². The molecule has 0 aromatic carbocycles. The largest absolute Gasteiger partial charge is 0.315 e. The Morgan fingerprint density at radius 2 is 1.86 bits per heavy atom. The molecule has 2 fully saturated rings. The number of rotatable bonds is 1. The van der Waals surface area contributed by atoms with Crippen LogP contribution in [0.25, 0.3) is 0 Å². The lowest BCUT2D eigenvalue weighted by molar-refractivity contribution is 0.119. The molecule has 0 spiro atoms. The van der Waals surface area contributed by atoms with Gasteiger partial charge >= 0.3 is 0 Å². The lowest BCUT2D eigenvalue weighted by atomic mass is 9.85. The van der Waals surface area contributed by atoms with E-state index in [1.807, 2.05) is 0 Å². The molecule has 2 atom stereocenters. The van der Waals surface area contributed by atoms with Gasteiger partial charge in [-0.1, -0.05) is 19.8 Å². The van der Waals surface area contributed by atoms with Gasteiger partial charge in [0.15, 0.2) is 0 Å². The molecule has 2 aliphatic rings. The second kappa shape index (κ2) is 5.13. The van der Waals surface area contributed by atoms with Gasteiger partial charge in [0, 0.05) is 19.1 Å². The van der Waals surface area contributed by atoms with Crippen molar-refractivity contribution in [3.8, 4) is 0 Å². The third kappa shape index (κ3) is 2.48. The maximum Gasteiger partial charge on any atom is 0.0121 e. The Hall–Kier alpha value is -0.0800. The second-order valence-electron chi connectivity index (χ2n) is 4.97. The molecule has 2 unspecified atom stereocenters. The van der Waals surface area contributed by atoms with Crippen LogP contribution in [0.5, 0.6) is 0 Å². The number of nitrogens with one attached hydrogen (secondary N) is 1. The average Bonchev–Trinajstić information content (AvgIpc) is 2.47. The molecule has 1 aliphatic heterocycles. The van der Waals surface area contributed by atoms with Crippen molar-refractivity contribution in [3.05, 3.63) is 0 Å². The Bertz CT molecular complexity index is 162. The Kier molecular flexibility index (Phi) is 3.82. The summed E-state index contributed by atoms with van der Waals surface area (Å²) < 4.78 is 0. The minimum absolute atomic E-state index is 0.892. The highest BCUT2D eigenvalue weighted by molar-refractivity contribution is 4.82. The number of hydrogen-bond donors (Lipinski definition) is 1. The highest BCUT2D eigenvalue weighted by Gasteiger charge is 2.26. The van der Waals surface area contributed by atoms with E-state index in [9.17, 15) is 0 Å². The maximum atomic E-state index is 3.49. The molecule has 2 heteroatoms. The number of hydrogen-bond acceptors (Lipinski definition) is 2. The van der Waals surface area contributed by atoms with Crippen LogP contribution >= 0.6 is 0 Å². The van der Waals surface area contributed by atoms with Crippen molar-refractivity contribution in [3.63, 3.8) is 0 Å². The second-order valence-corrected chi connectivity index (χ2v) is 4.97. The summed E-state index contributed by atoms with van der Waals surface area (Å²) in [6, 6.07) is 0.892. The lowest BCUT2D eigenvalue weighted by Gasteiger charge is -2.38. The Morgan fingerprint density at radius 3 is 2.71 bits per heavy atom. The van der Waals surface area contributed by atoms with Crippen LogP contribution in [0, 0.1) is 5.92 Å². The molecule has 0 bridgehead atoms. The van der Waals surface area contributed by atoms with E-state index in [1.54, 1.807) is 0 Å². The third-order valence-electron chi connectivity index (χ3n) is 3.91. The first-order valence-corrected chi connectivity index (χ1v) is 6.32. The monoisotopic (exact) mass is 196 g/mol. The fourth-order valence-corrected chi connectivity index (χ4v) is 3.04. The van der Waals surface area contributed by atoms with Crippen molar-refractivity contribution in [1.29, 1.82) is 0 Å². The van der Waals surface area contributed by atoms with E-state index in [-0.39, 0.29) is 0 Å². The summed E-state index contributed by atoms with van der Waals surface area (Å²) in [4.78, 5) is 2.74. The van der Waals surface area contributed by atoms with Gasteiger partial charge in [-0.3, -0.25) is 4.90 Å². The van der Waals surface area contributed by atoms with Crippen LogP contribution in [-0.2, 0) is 0 Å². The molecular formula is C12H24N2. The molecule has 0 amide bonds. The van der Waals surface area contributed by atoms with E-state index in [0.29, 0.717) is 0 Å². The van der Waals surface area contributed by atoms with Gasteiger partial charge in [-0.2, -0.15) is 0 Å². The zero-order valence-corrected chi connectivity index (χ0v) is 9.47. The zero-order chi connectivity index (χ0) is 9.80. The smallest absolute Gasteiger partial charge is 0.0121 e. The van der Waals surface area contributed by atoms with Crippen molar-refractivity contribution in [2.24, 2.45) is 5.92 Å². The summed E-state index contributed by atoms with van der Waals surface area (Å²) in [7, 11) is 0. The summed E-state index contributed by atoms with van der Waals surface area (Å²) in [5.41, 5.74) is 0. The normalized spacial score (nSPS) is 36.6. The van der Waals surface area contributed by atoms with Crippen molar-refractivity contribution < 1.29 is 0 Å². The average molecular weight is 196 g/mol. The van der Waals surface area contributed by atoms with Crippen molar-refractivity contribution >= 4 is 0 Å². The molecule has 2 nitrogen and oxygen atoms in total. The topological polar surface area (TPSA) is 15.3 Å². The highest BCUT2D eigenvalue weighted by Crippen LogP contribution is 2.28. The van der Waals surface area contributed by atoms with Crippen LogP contribution in [0.2, 0.25) is 0 Å². The number of nitrogens with zero attached hydrogens (tertiary/aromatic N) is 1. The Morgan fingerprint density at radius 1 is 1.00 bits per heavy atom. The first-order chi connectivity index (χ1) is 6.88. The first-order valence-electron chi connectivity index (χ1n) is 6.32. The molecule has 1 saturated carbocycles. The van der Waals surface area contributed by atoms with Crippen LogP contribution in [0.15, 0.2) is 0 Å². The summed E-state index contributed by atoms with van der Waals surface area (Å²) >= 11 is 0. The first kappa shape index (κ1) is 10.4. The summed E-state index contributed by atoms with van der Waals surface area (Å²) in [5.74, 6) is 0.932. The van der Waals surface area contributed by atoms with Gasteiger partial charge in [0.2, 0.25) is 0 Å². The van der Waals surface area contributed by atoms with Gasteiger partial charge in [0.1, 0.15) is 0 Å². The molecule has 1 N–H and O–H groups in total. The predicted molar refractivity (Wildman–Crippen MR) is 60.5 cm³/mol. The lowest BCUT2D eigenvalue weighted by Crippen LogP contribution is -2.43.